The summed E-state index contributed by atoms with van der Waals surface area (Å²) in [7, 11) is 3.64. The van der Waals surface area contributed by atoms with Crippen LogP contribution in [-0.2, 0) is 14.3 Å². The van der Waals surface area contributed by atoms with Crippen LogP contribution in [0.4, 0.5) is 11.4 Å². The van der Waals surface area contributed by atoms with Gasteiger partial charge in [0.15, 0.2) is 5.11 Å². The van der Waals surface area contributed by atoms with E-state index >= 15 is 0 Å². The number of carbonyl (C=O) groups excluding carboxylic acids is 3. The number of halogens is 1. The Morgan fingerprint density at radius 2 is 1.78 bits per heavy atom. The number of hydrogen-bond acceptors (Lipinski definition) is 8. The van der Waals surface area contributed by atoms with Crippen molar-refractivity contribution in [2.75, 3.05) is 70.2 Å². The molecule has 4 rings (SSSR count). The van der Waals surface area contributed by atoms with Crippen molar-refractivity contribution in [3.8, 4) is 5.75 Å². The fraction of sp³-hybridized carbons (Fsp3) is 0.448. The average molecular weight is 602 g/mol. The van der Waals surface area contributed by atoms with Gasteiger partial charge < -0.3 is 29.5 Å². The number of amides is 2. The molecule has 2 saturated heterocycles. The van der Waals surface area contributed by atoms with Gasteiger partial charge in [-0.15, -0.1) is 0 Å². The van der Waals surface area contributed by atoms with Crippen molar-refractivity contribution in [1.29, 1.82) is 0 Å². The van der Waals surface area contributed by atoms with E-state index in [9.17, 15) is 14.4 Å². The smallest absolute Gasteiger partial charge is 0.338 e. The number of thiocarbonyl (C=S) groups is 1. The van der Waals surface area contributed by atoms with Gasteiger partial charge in [0.05, 0.1) is 36.4 Å². The monoisotopic (exact) mass is 601 g/mol. The Balaban J connectivity index is 1.47. The summed E-state index contributed by atoms with van der Waals surface area (Å²) >= 11 is 12.1. The van der Waals surface area contributed by atoms with E-state index in [0.717, 1.165) is 39.1 Å². The molecule has 0 unspecified atom stereocenters. The molecule has 1 atom stereocenters. The Morgan fingerprint density at radius 3 is 2.41 bits per heavy atom. The number of ether oxygens (including phenoxy) is 2. The average Bonchev–Trinajstić information content (AvgIpc) is 3.18. The molecule has 10 nitrogen and oxygen atoms in total. The summed E-state index contributed by atoms with van der Waals surface area (Å²) in [6, 6.07) is 10.7. The molecule has 12 heteroatoms. The summed E-state index contributed by atoms with van der Waals surface area (Å²) in [6.07, 6.45) is 0.704. The number of rotatable bonds is 11. The molecule has 41 heavy (non-hydrogen) atoms. The van der Waals surface area contributed by atoms with Crippen LogP contribution in [0.1, 0.15) is 30.1 Å². The molecule has 2 amide bonds. The van der Waals surface area contributed by atoms with Gasteiger partial charge in [0, 0.05) is 38.4 Å². The maximum Gasteiger partial charge on any atom is 0.338 e. The quantitative estimate of drug-likeness (QED) is 0.307. The van der Waals surface area contributed by atoms with E-state index in [0.29, 0.717) is 39.4 Å². The lowest BCUT2D eigenvalue weighted by molar-refractivity contribution is -0.124. The van der Waals surface area contributed by atoms with E-state index in [4.69, 9.17) is 33.3 Å². The topological polar surface area (TPSA) is 94.7 Å². The van der Waals surface area contributed by atoms with Crippen molar-refractivity contribution in [3.05, 3.63) is 53.1 Å². The first-order valence-corrected chi connectivity index (χ1v) is 14.5. The van der Waals surface area contributed by atoms with Crippen molar-refractivity contribution in [2.45, 2.75) is 25.8 Å². The van der Waals surface area contributed by atoms with Crippen molar-refractivity contribution < 1.29 is 23.9 Å². The molecule has 2 aromatic rings. The Kier molecular flexibility index (Phi) is 10.5. The minimum Gasteiger partial charge on any atom is -0.495 e. The maximum atomic E-state index is 13.7. The van der Waals surface area contributed by atoms with Crippen LogP contribution in [0.25, 0.3) is 0 Å². The molecule has 0 saturated carbocycles. The lowest BCUT2D eigenvalue weighted by atomic mass is 10.1. The number of piperazine rings is 1. The van der Waals surface area contributed by atoms with Crippen LogP contribution in [0.2, 0.25) is 5.02 Å². The highest BCUT2D eigenvalue weighted by atomic mass is 35.5. The summed E-state index contributed by atoms with van der Waals surface area (Å²) < 4.78 is 10.3. The van der Waals surface area contributed by atoms with Crippen LogP contribution in [-0.4, -0.2) is 104 Å². The van der Waals surface area contributed by atoms with Gasteiger partial charge in [-0.25, -0.2) is 4.79 Å². The minimum absolute atomic E-state index is 0.0898. The molecule has 0 spiro atoms. The predicted molar refractivity (Wildman–Crippen MR) is 163 cm³/mol. The highest BCUT2D eigenvalue weighted by molar-refractivity contribution is 7.80. The van der Waals surface area contributed by atoms with Gasteiger partial charge in [-0.05, 0) is 81.6 Å². The summed E-state index contributed by atoms with van der Waals surface area (Å²) in [4.78, 5) is 46.8. The van der Waals surface area contributed by atoms with Gasteiger partial charge in [0.2, 0.25) is 5.91 Å². The van der Waals surface area contributed by atoms with Crippen molar-refractivity contribution in [3.63, 3.8) is 0 Å². The lowest BCUT2D eigenvalue weighted by Crippen LogP contribution is -2.45. The molecule has 0 aliphatic carbocycles. The first kappa shape index (κ1) is 30.7. The molecule has 1 N–H and O–H groups in total. The zero-order valence-electron chi connectivity index (χ0n) is 23.6. The van der Waals surface area contributed by atoms with Crippen LogP contribution in [0, 0.1) is 0 Å². The summed E-state index contributed by atoms with van der Waals surface area (Å²) in [5.74, 6) is -0.569. The zero-order chi connectivity index (χ0) is 29.5. The predicted octanol–water partition coefficient (Wildman–Crippen LogP) is 3.49. The highest BCUT2D eigenvalue weighted by Gasteiger charge is 2.44. The Labute approximate surface area is 251 Å². The van der Waals surface area contributed by atoms with Gasteiger partial charge in [-0.3, -0.25) is 14.5 Å². The normalized spacial score (nSPS) is 18.1. The molecular formula is C29H36ClN5O5S. The van der Waals surface area contributed by atoms with E-state index < -0.39 is 12.0 Å². The third-order valence-electron chi connectivity index (χ3n) is 7.24. The molecule has 0 aromatic heterocycles. The van der Waals surface area contributed by atoms with Gasteiger partial charge in [0.1, 0.15) is 11.8 Å². The molecule has 220 valence electrons. The lowest BCUT2D eigenvalue weighted by Gasteiger charge is -2.33. The first-order chi connectivity index (χ1) is 19.7. The van der Waals surface area contributed by atoms with Crippen LogP contribution in [0.15, 0.2) is 42.5 Å². The van der Waals surface area contributed by atoms with Crippen molar-refractivity contribution in [2.24, 2.45) is 0 Å². The number of esters is 1. The third kappa shape index (κ3) is 7.53. The Hall–Kier alpha value is -3.25. The Bertz CT molecular complexity index is 1270. The van der Waals surface area contributed by atoms with E-state index in [1.54, 1.807) is 49.4 Å². The third-order valence-corrected chi connectivity index (χ3v) is 7.95. The second-order valence-electron chi connectivity index (χ2n) is 10.0. The molecule has 2 fully saturated rings. The number of carbonyl (C=O) groups is 3. The number of nitrogens with zero attached hydrogens (tertiary/aromatic N) is 4. The number of hydrogen-bond donors (Lipinski definition) is 1. The maximum absolute atomic E-state index is 13.7. The highest BCUT2D eigenvalue weighted by Crippen LogP contribution is 2.33. The SMILES string of the molecule is CCOC(=O)c1ccc(NC(=O)C[C@@H]2C(=O)N(c3ccc(OC)c(Cl)c3)C(=S)N2CCCN2CCN(C)CC2)cc1. The fourth-order valence-electron chi connectivity index (χ4n) is 4.95. The van der Waals surface area contributed by atoms with Crippen LogP contribution in [0.3, 0.4) is 0 Å². The molecule has 2 aliphatic rings. The van der Waals surface area contributed by atoms with Gasteiger partial charge in [-0.1, -0.05) is 11.6 Å². The summed E-state index contributed by atoms with van der Waals surface area (Å²) in [6.45, 7) is 7.47. The first-order valence-electron chi connectivity index (χ1n) is 13.7. The second kappa shape index (κ2) is 14.1. The summed E-state index contributed by atoms with van der Waals surface area (Å²) in [5, 5.41) is 3.53. The van der Waals surface area contributed by atoms with Crippen LogP contribution >= 0.6 is 23.8 Å². The number of methoxy groups -OCH3 is 1. The number of benzene rings is 2. The molecule has 2 aromatic carbocycles. The van der Waals surface area contributed by atoms with Gasteiger partial charge in [0.25, 0.3) is 5.91 Å². The van der Waals surface area contributed by atoms with Crippen molar-refractivity contribution >= 4 is 58.1 Å². The van der Waals surface area contributed by atoms with E-state index in [1.165, 1.54) is 12.0 Å². The fourth-order valence-corrected chi connectivity index (χ4v) is 5.61. The molecule has 0 radical (unpaired) electrons. The van der Waals surface area contributed by atoms with Crippen LogP contribution in [0.5, 0.6) is 5.75 Å². The molecule has 2 heterocycles. The van der Waals surface area contributed by atoms with E-state index in [-0.39, 0.29) is 24.8 Å². The Morgan fingerprint density at radius 1 is 1.07 bits per heavy atom. The number of likely N-dealkylation sites (N-methyl/N-ethyl adjacent to an activating group) is 1. The molecule has 2 aliphatic heterocycles. The standard InChI is InChI=1S/C29H36ClN5O5S/c1-4-40-28(38)20-6-8-21(9-7-20)31-26(36)19-24-27(37)35(22-10-11-25(39-3)23(30)18-22)29(41)34(24)13-5-12-33-16-14-32(2)15-17-33/h6-11,18,24H,4-5,12-17,19H2,1-3H3,(H,31,36)/t24-/m1/s1. The summed E-state index contributed by atoms with van der Waals surface area (Å²) in [5.41, 5.74) is 1.42. The van der Waals surface area contributed by atoms with Crippen LogP contribution < -0.4 is 15.0 Å². The van der Waals surface area contributed by atoms with Gasteiger partial charge >= 0.3 is 5.97 Å². The number of anilines is 2. The van der Waals surface area contributed by atoms with E-state index in [2.05, 4.69) is 22.2 Å². The van der Waals surface area contributed by atoms with Gasteiger partial charge in [-0.2, -0.15) is 0 Å². The molecule has 0 bridgehead atoms. The largest absolute Gasteiger partial charge is 0.495 e. The minimum atomic E-state index is -0.769. The van der Waals surface area contributed by atoms with E-state index in [1.807, 2.05) is 4.90 Å². The second-order valence-corrected chi connectivity index (χ2v) is 10.8. The zero-order valence-corrected chi connectivity index (χ0v) is 25.2. The van der Waals surface area contributed by atoms with Crippen molar-refractivity contribution in [1.82, 2.24) is 14.7 Å². The molecular weight excluding hydrogens is 566 g/mol. The number of nitrogens with one attached hydrogen (secondary N) is 1.